The fourth-order valence-corrected chi connectivity index (χ4v) is 2.78. The van der Waals surface area contributed by atoms with Crippen LogP contribution in [0.15, 0.2) is 61.2 Å². The predicted molar refractivity (Wildman–Crippen MR) is 137 cm³/mol. The van der Waals surface area contributed by atoms with Crippen LogP contribution >= 0.6 is 0 Å². The Labute approximate surface area is 204 Å². The molecule has 1 fully saturated rings. The van der Waals surface area contributed by atoms with E-state index in [1.54, 1.807) is 0 Å². The van der Waals surface area contributed by atoms with Crippen LogP contribution in [0.1, 0.15) is 53.4 Å². The van der Waals surface area contributed by atoms with E-state index >= 15 is 0 Å². The molecule has 4 heteroatoms. The van der Waals surface area contributed by atoms with Crippen molar-refractivity contribution >= 4 is 26.0 Å². The fourth-order valence-electron chi connectivity index (χ4n) is 2.78. The summed E-state index contributed by atoms with van der Waals surface area (Å²) in [5, 5.41) is 2.79. The molecular weight excluding hydrogens is 416 g/mol. The molecule has 0 saturated carbocycles. The van der Waals surface area contributed by atoms with Gasteiger partial charge in [0.25, 0.3) is 0 Å². The zero-order valence-corrected chi connectivity index (χ0v) is 22.7. The van der Waals surface area contributed by atoms with Crippen molar-refractivity contribution in [2.24, 2.45) is 0 Å². The summed E-state index contributed by atoms with van der Waals surface area (Å²) >= 11 is 0. The molecule has 0 unspecified atom stereocenters. The third-order valence-corrected chi connectivity index (χ3v) is 3.89. The number of nitrogens with one attached hydrogen (secondary N) is 1. The Hall–Kier alpha value is -0.999. The number of anilines is 1. The minimum atomic E-state index is -0.250. The Morgan fingerprint density at radius 3 is 2.13 bits per heavy atom. The number of benzene rings is 1. The molecule has 0 atom stereocenters. The van der Waals surface area contributed by atoms with Crippen LogP contribution in [0.2, 0.25) is 13.1 Å². The Bertz CT molecular complexity index is 674. The number of nitrogens with zero attached hydrogens (tertiary/aromatic N) is 1. The van der Waals surface area contributed by atoms with Gasteiger partial charge in [-0.15, -0.1) is 53.2 Å². The van der Waals surface area contributed by atoms with Crippen molar-refractivity contribution in [2.75, 3.05) is 18.0 Å². The summed E-state index contributed by atoms with van der Waals surface area (Å²) in [6, 6.07) is 13.2. The third kappa shape index (κ3) is 15.8. The maximum atomic E-state index is 6.94. The zero-order valence-electron chi connectivity index (χ0n) is 20.1. The smallest absolute Gasteiger partial charge is 0.673 e. The van der Waals surface area contributed by atoms with Gasteiger partial charge >= 0.3 is 21.7 Å². The van der Waals surface area contributed by atoms with Gasteiger partial charge in [-0.25, -0.2) is 0 Å². The molecule has 0 aromatic heterocycles. The van der Waals surface area contributed by atoms with Gasteiger partial charge in [-0.3, -0.25) is 0 Å². The molecule has 0 aliphatic carbocycles. The second-order valence-corrected chi connectivity index (χ2v) is 9.20. The van der Waals surface area contributed by atoms with Crippen LogP contribution in [-0.4, -0.2) is 28.1 Å². The van der Waals surface area contributed by atoms with Crippen molar-refractivity contribution in [1.82, 2.24) is 0 Å². The van der Waals surface area contributed by atoms with E-state index in [1.807, 2.05) is 39.8 Å². The van der Waals surface area contributed by atoms with Crippen molar-refractivity contribution < 1.29 is 21.7 Å². The molecular formula is C26H42N2SiTi. The molecule has 0 spiro atoms. The van der Waals surface area contributed by atoms with E-state index in [1.165, 1.54) is 48.8 Å². The van der Waals surface area contributed by atoms with Crippen LogP contribution in [0.25, 0.3) is 16.5 Å². The number of allylic oxidation sites excluding steroid dienone is 3. The molecule has 2 aromatic rings. The second kappa shape index (κ2) is 18.7. The Morgan fingerprint density at radius 1 is 1.13 bits per heavy atom. The van der Waals surface area contributed by atoms with Crippen LogP contribution < -0.4 is 4.90 Å². The predicted octanol–water partition coefficient (Wildman–Crippen LogP) is 8.31. The first-order chi connectivity index (χ1) is 13.8. The molecule has 0 amide bonds. The minimum absolute atomic E-state index is 0. The van der Waals surface area contributed by atoms with Gasteiger partial charge in [-0.05, 0) is 26.2 Å². The molecule has 2 radical (unpaired) electrons. The van der Waals surface area contributed by atoms with Crippen LogP contribution in [0.4, 0.5) is 5.69 Å². The second-order valence-electron chi connectivity index (χ2n) is 8.20. The maximum Gasteiger partial charge on any atom is 2.00 e. The molecule has 1 saturated heterocycles. The summed E-state index contributed by atoms with van der Waals surface area (Å²) in [6.45, 7) is 17.9. The van der Waals surface area contributed by atoms with Crippen molar-refractivity contribution in [3.8, 4) is 0 Å². The third-order valence-electron chi connectivity index (χ3n) is 3.89. The quantitative estimate of drug-likeness (QED) is 0.258. The van der Waals surface area contributed by atoms with Crippen LogP contribution in [-0.2, 0) is 21.7 Å². The molecule has 1 aliphatic rings. The van der Waals surface area contributed by atoms with Gasteiger partial charge in [0.15, 0.2) is 0 Å². The summed E-state index contributed by atoms with van der Waals surface area (Å²) in [5.41, 5.74) is 8.12. The Morgan fingerprint density at radius 2 is 1.67 bits per heavy atom. The zero-order chi connectivity index (χ0) is 22.1. The van der Waals surface area contributed by atoms with E-state index in [2.05, 4.69) is 67.0 Å². The van der Waals surface area contributed by atoms with Gasteiger partial charge in [0.05, 0.1) is 0 Å². The van der Waals surface area contributed by atoms with Gasteiger partial charge < -0.3 is 10.6 Å². The number of piperidine rings is 1. The SMILES string of the molecule is C=CCC=CC.CC(C)(C)[NH-].C[Si]C.[Ti+2].c1ccc2c(N3CCCCC3)c[cH-]c2c1. The summed E-state index contributed by atoms with van der Waals surface area (Å²) in [6.07, 6.45) is 11.0. The number of hydrogen-bond donors (Lipinski definition) is 0. The van der Waals surface area contributed by atoms with Crippen molar-refractivity contribution in [3.63, 3.8) is 0 Å². The molecule has 2 nitrogen and oxygen atoms in total. The summed E-state index contributed by atoms with van der Waals surface area (Å²) in [4.78, 5) is 2.53. The van der Waals surface area contributed by atoms with E-state index in [0.717, 1.165) is 15.9 Å². The minimum Gasteiger partial charge on any atom is -0.673 e. The van der Waals surface area contributed by atoms with Gasteiger partial charge in [0, 0.05) is 22.6 Å². The van der Waals surface area contributed by atoms with Crippen LogP contribution in [0, 0.1) is 0 Å². The molecule has 2 aromatic carbocycles. The standard InChI is InChI=1S/C14H16N.C6H10.C4H10N.C2H6Si.Ti/c1-4-10-15(11-5-1)14-9-8-12-6-2-3-7-13(12)14;1-3-5-6-4-2;1-4(2,3)5;1-3-2;/h2-3,6-9H,1,4-5,10-11H2;3-4,6H,1,5H2,2H3;5H,1-3H3;1-2H3;/q-1;;-1;;+2. The average Bonchev–Trinajstić information content (AvgIpc) is 3.11. The topological polar surface area (TPSA) is 27.0 Å². The molecule has 1 N–H and O–H groups in total. The Kier molecular flexibility index (Phi) is 19.5. The van der Waals surface area contributed by atoms with E-state index < -0.39 is 0 Å². The van der Waals surface area contributed by atoms with Gasteiger partial charge in [-0.1, -0.05) is 70.3 Å². The molecule has 1 aliphatic heterocycles. The van der Waals surface area contributed by atoms with Crippen molar-refractivity contribution in [3.05, 3.63) is 66.9 Å². The number of rotatable bonds is 3. The molecule has 30 heavy (non-hydrogen) atoms. The van der Waals surface area contributed by atoms with Crippen molar-refractivity contribution in [1.29, 1.82) is 0 Å². The number of hydrogen-bond acceptors (Lipinski definition) is 1. The van der Waals surface area contributed by atoms with Crippen LogP contribution in [0.5, 0.6) is 0 Å². The van der Waals surface area contributed by atoms with Gasteiger partial charge in [0.2, 0.25) is 0 Å². The number of fused-ring (bicyclic) bond motifs is 1. The van der Waals surface area contributed by atoms with E-state index in [-0.39, 0.29) is 27.3 Å². The fraction of sp³-hybridized carbons (Fsp3) is 0.500. The largest absolute Gasteiger partial charge is 2.00 e. The normalized spacial score (nSPS) is 13.1. The molecule has 0 bridgehead atoms. The first-order valence-corrected chi connectivity index (χ1v) is 12.7. The molecule has 1 heterocycles. The van der Waals surface area contributed by atoms with Crippen molar-refractivity contribution in [2.45, 2.75) is 72.0 Å². The van der Waals surface area contributed by atoms with E-state index in [0.29, 0.717) is 0 Å². The van der Waals surface area contributed by atoms with Gasteiger partial charge in [0.1, 0.15) is 0 Å². The van der Waals surface area contributed by atoms with Crippen LogP contribution in [0.3, 0.4) is 0 Å². The van der Waals surface area contributed by atoms with Gasteiger partial charge in [-0.2, -0.15) is 0 Å². The maximum absolute atomic E-state index is 6.94. The first-order valence-electron chi connectivity index (χ1n) is 10.7. The first kappa shape index (κ1) is 31.2. The monoisotopic (exact) mass is 458 g/mol. The van der Waals surface area contributed by atoms with E-state index in [4.69, 9.17) is 5.73 Å². The summed E-state index contributed by atoms with van der Waals surface area (Å²) in [5.74, 6) is 0. The molecule has 3 rings (SSSR count). The molecule has 164 valence electrons. The summed E-state index contributed by atoms with van der Waals surface area (Å²) in [7, 11) is 1.08. The average molecular weight is 459 g/mol. The van der Waals surface area contributed by atoms with E-state index in [9.17, 15) is 0 Å². The Balaban J connectivity index is 0. The summed E-state index contributed by atoms with van der Waals surface area (Å²) < 4.78 is 0.